The second-order valence-corrected chi connectivity index (χ2v) is 6.03. The molecule has 6 nitrogen and oxygen atoms in total. The third kappa shape index (κ3) is 2.44. The molecule has 2 aromatic heterocycles. The lowest BCUT2D eigenvalue weighted by molar-refractivity contribution is 0.632. The van der Waals surface area contributed by atoms with E-state index in [0.717, 1.165) is 17.8 Å². The largest absolute Gasteiger partial charge is 0.396 e. The lowest BCUT2D eigenvalue weighted by Crippen LogP contribution is -2.15. The third-order valence-corrected chi connectivity index (χ3v) is 4.56. The Morgan fingerprint density at radius 1 is 1.28 bits per heavy atom. The van der Waals surface area contributed by atoms with Gasteiger partial charge in [0.15, 0.2) is 0 Å². The van der Waals surface area contributed by atoms with Crippen molar-refractivity contribution in [3.63, 3.8) is 0 Å². The first-order chi connectivity index (χ1) is 11.8. The van der Waals surface area contributed by atoms with Crippen LogP contribution in [0.25, 0.3) is 22.0 Å². The number of nitrogens with two attached hydrogens (primary N) is 2. The number of nitrogen functional groups attached to an aromatic ring is 2. The van der Waals surface area contributed by atoms with E-state index in [1.165, 1.54) is 6.07 Å². The van der Waals surface area contributed by atoms with Gasteiger partial charge in [0, 0.05) is 28.4 Å². The monoisotopic (exact) mass is 359 g/mol. The Morgan fingerprint density at radius 2 is 1.96 bits per heavy atom. The summed E-state index contributed by atoms with van der Waals surface area (Å²) >= 11 is 6.33. The summed E-state index contributed by atoms with van der Waals surface area (Å²) < 4.78 is 13.8. The Hall–Kier alpha value is -2.93. The van der Waals surface area contributed by atoms with Crippen LogP contribution in [0.2, 0.25) is 5.15 Å². The molecule has 6 N–H and O–H groups in total. The van der Waals surface area contributed by atoms with E-state index in [-0.39, 0.29) is 27.7 Å². The topological polar surface area (TPSA) is 122 Å². The van der Waals surface area contributed by atoms with Gasteiger partial charge in [0.1, 0.15) is 16.7 Å². The molecule has 0 spiro atoms. The normalized spacial score (nSPS) is 11.0. The molecule has 0 unspecified atom stereocenters. The van der Waals surface area contributed by atoms with Crippen molar-refractivity contribution in [1.82, 2.24) is 9.97 Å². The number of H-pyrrole nitrogens is 1. The molecule has 1 aromatic carbocycles. The fourth-order valence-corrected chi connectivity index (χ4v) is 3.15. The summed E-state index contributed by atoms with van der Waals surface area (Å²) in [7, 11) is 0. The van der Waals surface area contributed by atoms with Crippen LogP contribution in [0.3, 0.4) is 0 Å². The van der Waals surface area contributed by atoms with Crippen molar-refractivity contribution < 1.29 is 4.39 Å². The lowest BCUT2D eigenvalue weighted by Gasteiger charge is -2.16. The van der Waals surface area contributed by atoms with Crippen molar-refractivity contribution in [2.75, 3.05) is 11.5 Å². The van der Waals surface area contributed by atoms with E-state index in [1.807, 2.05) is 0 Å². The Morgan fingerprint density at radius 3 is 2.60 bits per heavy atom. The number of aromatic amines is 1. The Balaban J connectivity index is 2.61. The van der Waals surface area contributed by atoms with Crippen LogP contribution in [-0.4, -0.2) is 16.2 Å². The van der Waals surface area contributed by atoms with Crippen LogP contribution in [0.1, 0.15) is 16.8 Å². The Bertz CT molecular complexity index is 1110. The number of pyridine rings is 2. The van der Waals surface area contributed by atoms with Gasteiger partial charge in [-0.15, -0.1) is 0 Å². The number of aromatic nitrogens is 2. The molecule has 128 valence electrons. The summed E-state index contributed by atoms with van der Waals surface area (Å²) in [5, 5.41) is 8.16. The van der Waals surface area contributed by atoms with Gasteiger partial charge in [-0.3, -0.25) is 4.79 Å². The summed E-state index contributed by atoms with van der Waals surface area (Å²) in [6.45, 7) is 3.57. The molecule has 3 rings (SSSR count). The first-order valence-electron chi connectivity index (χ1n) is 7.34. The molecule has 0 aliphatic heterocycles. The van der Waals surface area contributed by atoms with Crippen molar-refractivity contribution in [2.45, 2.75) is 13.8 Å². The summed E-state index contributed by atoms with van der Waals surface area (Å²) in [4.78, 5) is 19.3. The highest BCUT2D eigenvalue weighted by Gasteiger charge is 2.21. The van der Waals surface area contributed by atoms with E-state index in [0.29, 0.717) is 22.2 Å². The third-order valence-electron chi connectivity index (χ3n) is 4.29. The highest BCUT2D eigenvalue weighted by atomic mass is 35.5. The number of nitrogens with one attached hydrogen (secondary N) is 2. The van der Waals surface area contributed by atoms with E-state index < -0.39 is 11.4 Å². The number of benzene rings is 1. The highest BCUT2D eigenvalue weighted by Crippen LogP contribution is 2.39. The predicted molar refractivity (Wildman–Crippen MR) is 99.0 cm³/mol. The quantitative estimate of drug-likeness (QED) is 0.319. The van der Waals surface area contributed by atoms with Crippen molar-refractivity contribution in [3.8, 4) is 11.1 Å². The molecular weight excluding hydrogens is 345 g/mol. The van der Waals surface area contributed by atoms with Crippen LogP contribution in [0, 0.1) is 25.1 Å². The van der Waals surface area contributed by atoms with Gasteiger partial charge in [-0.05, 0) is 31.0 Å². The van der Waals surface area contributed by atoms with Crippen LogP contribution in [0.15, 0.2) is 16.9 Å². The second-order valence-electron chi connectivity index (χ2n) is 5.67. The van der Waals surface area contributed by atoms with Gasteiger partial charge in [0.2, 0.25) is 0 Å². The zero-order chi connectivity index (χ0) is 18.5. The molecule has 3 aromatic rings. The number of hydrogen-bond donors (Lipinski definition) is 4. The minimum absolute atomic E-state index is 0.103. The van der Waals surface area contributed by atoms with Crippen LogP contribution in [0.5, 0.6) is 0 Å². The standard InChI is InChI=1S/C17H15ClFN5O/c1-6-7(2)23-16(18)12-11(14(22)17(25)24-15(6)12)8-3-4-10(19)13(21)9(8)5-20/h3-5,20H,21-22H2,1-2H3,(H,24,25). The fraction of sp³-hybridized carbons (Fsp3) is 0.118. The highest BCUT2D eigenvalue weighted by molar-refractivity contribution is 6.36. The van der Waals surface area contributed by atoms with E-state index in [9.17, 15) is 9.18 Å². The van der Waals surface area contributed by atoms with Gasteiger partial charge in [-0.1, -0.05) is 17.7 Å². The van der Waals surface area contributed by atoms with Gasteiger partial charge in [0.05, 0.1) is 11.2 Å². The fourth-order valence-electron chi connectivity index (χ4n) is 2.84. The van der Waals surface area contributed by atoms with Crippen LogP contribution in [0.4, 0.5) is 15.8 Å². The first kappa shape index (κ1) is 16.9. The van der Waals surface area contributed by atoms with Crippen LogP contribution < -0.4 is 17.0 Å². The number of fused-ring (bicyclic) bond motifs is 1. The maximum atomic E-state index is 13.8. The van der Waals surface area contributed by atoms with Gasteiger partial charge in [-0.2, -0.15) is 0 Å². The van der Waals surface area contributed by atoms with Gasteiger partial charge in [0.25, 0.3) is 5.56 Å². The molecular formula is C17H15ClFN5O. The molecule has 2 heterocycles. The predicted octanol–water partition coefficient (Wildman–Crippen LogP) is 3.16. The molecule has 25 heavy (non-hydrogen) atoms. The van der Waals surface area contributed by atoms with Gasteiger partial charge >= 0.3 is 0 Å². The average Bonchev–Trinajstić information content (AvgIpc) is 2.57. The second kappa shape index (κ2) is 5.86. The van der Waals surface area contributed by atoms with Crippen molar-refractivity contribution in [1.29, 1.82) is 5.41 Å². The maximum absolute atomic E-state index is 13.8. The minimum atomic E-state index is -0.661. The van der Waals surface area contributed by atoms with E-state index in [4.69, 9.17) is 28.5 Å². The molecule has 8 heteroatoms. The van der Waals surface area contributed by atoms with Crippen molar-refractivity contribution >= 4 is 40.1 Å². The first-order valence-corrected chi connectivity index (χ1v) is 7.72. The van der Waals surface area contributed by atoms with Crippen LogP contribution >= 0.6 is 11.6 Å². The molecule has 0 aliphatic carbocycles. The number of nitrogens with zero attached hydrogens (tertiary/aromatic N) is 1. The molecule has 0 atom stereocenters. The molecule has 0 radical (unpaired) electrons. The Kier molecular flexibility index (Phi) is 3.96. The molecule has 0 saturated heterocycles. The van der Waals surface area contributed by atoms with Crippen LogP contribution in [-0.2, 0) is 0 Å². The lowest BCUT2D eigenvalue weighted by atomic mass is 9.94. The maximum Gasteiger partial charge on any atom is 0.272 e. The van der Waals surface area contributed by atoms with Gasteiger partial charge < -0.3 is 21.9 Å². The molecule has 0 fully saturated rings. The number of rotatable bonds is 2. The number of hydrogen-bond acceptors (Lipinski definition) is 5. The summed E-state index contributed by atoms with van der Waals surface area (Å²) in [6, 6.07) is 2.58. The molecule has 0 saturated carbocycles. The van der Waals surface area contributed by atoms with Crippen molar-refractivity contribution in [2.24, 2.45) is 0 Å². The van der Waals surface area contributed by atoms with Gasteiger partial charge in [-0.25, -0.2) is 9.37 Å². The van der Waals surface area contributed by atoms with E-state index in [2.05, 4.69) is 9.97 Å². The molecule has 0 bridgehead atoms. The van der Waals surface area contributed by atoms with Crippen molar-refractivity contribution in [3.05, 3.63) is 50.3 Å². The van der Waals surface area contributed by atoms with E-state index >= 15 is 0 Å². The summed E-state index contributed by atoms with van der Waals surface area (Å²) in [5.41, 5.74) is 13.6. The minimum Gasteiger partial charge on any atom is -0.396 e. The zero-order valence-corrected chi connectivity index (χ0v) is 14.3. The number of halogens is 2. The average molecular weight is 360 g/mol. The smallest absolute Gasteiger partial charge is 0.272 e. The molecule has 0 amide bonds. The zero-order valence-electron chi connectivity index (χ0n) is 13.5. The SMILES string of the molecule is Cc1nc(Cl)c2c(-c3ccc(F)c(N)c3C=N)c(N)c(=O)[nH]c2c1C. The molecule has 0 aliphatic rings. The summed E-state index contributed by atoms with van der Waals surface area (Å²) in [6.07, 6.45) is 0.919. The number of aryl methyl sites for hydroxylation is 2. The Labute approximate surface area is 147 Å². The summed E-state index contributed by atoms with van der Waals surface area (Å²) in [5.74, 6) is -0.661. The van der Waals surface area contributed by atoms with E-state index in [1.54, 1.807) is 13.8 Å². The number of anilines is 2.